The van der Waals surface area contributed by atoms with E-state index in [4.69, 9.17) is 0 Å². The highest BCUT2D eigenvalue weighted by Gasteiger charge is 2.36. The topological polar surface area (TPSA) is 12.9 Å². The number of aromatic nitrogens is 1. The number of benzene rings is 2. The van der Waals surface area contributed by atoms with E-state index < -0.39 is 0 Å². The molecule has 1 nitrogen and oxygen atoms in total. The van der Waals surface area contributed by atoms with E-state index in [-0.39, 0.29) is 5.41 Å². The van der Waals surface area contributed by atoms with Gasteiger partial charge in [-0.1, -0.05) is 44.2 Å². The minimum atomic E-state index is 0.0391. The molecule has 0 amide bonds. The second-order valence-electron chi connectivity index (χ2n) is 7.11. The van der Waals surface area contributed by atoms with Gasteiger partial charge in [0.15, 0.2) is 0 Å². The van der Waals surface area contributed by atoms with Gasteiger partial charge in [0, 0.05) is 17.2 Å². The molecule has 0 radical (unpaired) electrons. The first kappa shape index (κ1) is 14.2. The molecule has 1 aliphatic rings. The number of hydrogen-bond acceptors (Lipinski definition) is 1. The number of nitrogens with zero attached hydrogens (tertiary/aromatic N) is 1. The van der Waals surface area contributed by atoms with Crippen molar-refractivity contribution in [2.45, 2.75) is 33.1 Å². The molecule has 4 rings (SSSR count). The van der Waals surface area contributed by atoms with Gasteiger partial charge in [0.1, 0.15) is 0 Å². The fourth-order valence-corrected chi connectivity index (χ4v) is 3.82. The van der Waals surface area contributed by atoms with Crippen LogP contribution in [0.1, 0.15) is 36.1 Å². The molecular formula is C22H21N. The smallest absolute Gasteiger partial charge is 0.0702 e. The van der Waals surface area contributed by atoms with Crippen molar-refractivity contribution in [1.82, 2.24) is 4.98 Å². The highest BCUT2D eigenvalue weighted by Crippen LogP contribution is 2.50. The van der Waals surface area contributed by atoms with Gasteiger partial charge in [-0.2, -0.15) is 0 Å². The van der Waals surface area contributed by atoms with Gasteiger partial charge in [-0.15, -0.1) is 0 Å². The van der Waals surface area contributed by atoms with Crippen molar-refractivity contribution in [2.75, 3.05) is 0 Å². The first-order chi connectivity index (χ1) is 11.0. The predicted molar refractivity (Wildman–Crippen MR) is 96.7 cm³/mol. The number of pyridine rings is 1. The fourth-order valence-electron chi connectivity index (χ4n) is 3.82. The molecule has 0 saturated heterocycles. The van der Waals surface area contributed by atoms with Crippen LogP contribution in [0.5, 0.6) is 0 Å². The van der Waals surface area contributed by atoms with Crippen LogP contribution >= 0.6 is 0 Å². The van der Waals surface area contributed by atoms with Crippen LogP contribution in [-0.4, -0.2) is 4.98 Å². The summed E-state index contributed by atoms with van der Waals surface area (Å²) in [6, 6.07) is 17.6. The highest BCUT2D eigenvalue weighted by atomic mass is 14.7. The van der Waals surface area contributed by atoms with Gasteiger partial charge >= 0.3 is 0 Å². The normalized spacial score (nSPS) is 14.4. The summed E-state index contributed by atoms with van der Waals surface area (Å²) < 4.78 is 0. The van der Waals surface area contributed by atoms with Crippen molar-refractivity contribution in [2.24, 2.45) is 0 Å². The Morgan fingerprint density at radius 3 is 2.39 bits per heavy atom. The lowest BCUT2D eigenvalue weighted by atomic mass is 9.81. The summed E-state index contributed by atoms with van der Waals surface area (Å²) in [5.41, 5.74) is 10.4. The van der Waals surface area contributed by atoms with E-state index in [1.54, 1.807) is 0 Å². The monoisotopic (exact) mass is 299 g/mol. The lowest BCUT2D eigenvalue weighted by Gasteiger charge is -2.22. The van der Waals surface area contributed by atoms with Gasteiger partial charge in [-0.25, -0.2) is 0 Å². The Morgan fingerprint density at radius 2 is 1.65 bits per heavy atom. The second-order valence-corrected chi connectivity index (χ2v) is 7.11. The Bertz CT molecular complexity index is 902. The number of aryl methyl sites for hydroxylation is 2. The Balaban J connectivity index is 1.97. The van der Waals surface area contributed by atoms with Gasteiger partial charge in [0.25, 0.3) is 0 Å². The standard InChI is InChI=1S/C22H21N/c1-14-9-10-20(23-13-14)16-11-15(2)21-17-7-5-6-8-18(17)22(3,4)19(21)12-16/h5-13H,1-4H3. The van der Waals surface area contributed by atoms with Crippen LogP contribution in [0.25, 0.3) is 22.4 Å². The van der Waals surface area contributed by atoms with Crippen molar-refractivity contribution in [3.63, 3.8) is 0 Å². The lowest BCUT2D eigenvalue weighted by Crippen LogP contribution is -2.15. The summed E-state index contributed by atoms with van der Waals surface area (Å²) >= 11 is 0. The highest BCUT2D eigenvalue weighted by molar-refractivity contribution is 5.85. The molecule has 0 spiro atoms. The Hall–Kier alpha value is -2.41. The van der Waals surface area contributed by atoms with E-state index in [1.165, 1.54) is 38.9 Å². The summed E-state index contributed by atoms with van der Waals surface area (Å²) in [5, 5.41) is 0. The average molecular weight is 299 g/mol. The van der Waals surface area contributed by atoms with Crippen molar-refractivity contribution in [3.05, 3.63) is 77.0 Å². The Labute approximate surface area is 138 Å². The molecule has 1 heteroatoms. The predicted octanol–water partition coefficient (Wildman–Crippen LogP) is 5.67. The first-order valence-electron chi connectivity index (χ1n) is 8.16. The summed E-state index contributed by atoms with van der Waals surface area (Å²) in [5.74, 6) is 0. The Kier molecular flexibility index (Phi) is 2.96. The van der Waals surface area contributed by atoms with Crippen LogP contribution in [0, 0.1) is 13.8 Å². The molecule has 0 N–H and O–H groups in total. The number of rotatable bonds is 1. The third-order valence-electron chi connectivity index (χ3n) is 5.09. The zero-order chi connectivity index (χ0) is 16.2. The molecule has 0 aliphatic heterocycles. The molecule has 3 aromatic rings. The summed E-state index contributed by atoms with van der Waals surface area (Å²) in [7, 11) is 0. The molecule has 0 fully saturated rings. The van der Waals surface area contributed by atoms with E-state index >= 15 is 0 Å². The average Bonchev–Trinajstić information content (AvgIpc) is 2.77. The van der Waals surface area contributed by atoms with E-state index in [9.17, 15) is 0 Å². The van der Waals surface area contributed by atoms with Crippen molar-refractivity contribution >= 4 is 0 Å². The van der Waals surface area contributed by atoms with Crippen molar-refractivity contribution in [1.29, 1.82) is 0 Å². The maximum Gasteiger partial charge on any atom is 0.0702 e. The molecule has 0 saturated carbocycles. The molecule has 114 valence electrons. The van der Waals surface area contributed by atoms with E-state index in [0.717, 1.165) is 5.69 Å². The quantitative estimate of drug-likeness (QED) is 0.564. The van der Waals surface area contributed by atoms with E-state index in [1.807, 2.05) is 6.20 Å². The summed E-state index contributed by atoms with van der Waals surface area (Å²) in [6.07, 6.45) is 1.94. The maximum absolute atomic E-state index is 4.61. The largest absolute Gasteiger partial charge is 0.256 e. The summed E-state index contributed by atoms with van der Waals surface area (Å²) in [6.45, 7) is 8.94. The fraction of sp³-hybridized carbons (Fsp3) is 0.227. The van der Waals surface area contributed by atoms with Gasteiger partial charge in [0.05, 0.1) is 5.69 Å². The summed E-state index contributed by atoms with van der Waals surface area (Å²) in [4.78, 5) is 4.61. The molecule has 23 heavy (non-hydrogen) atoms. The number of fused-ring (bicyclic) bond motifs is 3. The molecule has 0 bridgehead atoms. The van der Waals surface area contributed by atoms with Gasteiger partial charge in [0.2, 0.25) is 0 Å². The van der Waals surface area contributed by atoms with Crippen LogP contribution < -0.4 is 0 Å². The van der Waals surface area contributed by atoms with Gasteiger partial charge in [-0.05, 0) is 65.4 Å². The molecule has 0 unspecified atom stereocenters. The van der Waals surface area contributed by atoms with Gasteiger partial charge < -0.3 is 0 Å². The third kappa shape index (κ3) is 2.03. The zero-order valence-corrected chi connectivity index (χ0v) is 14.1. The van der Waals surface area contributed by atoms with Crippen LogP contribution in [0.3, 0.4) is 0 Å². The molecule has 0 atom stereocenters. The Morgan fingerprint density at radius 1 is 0.870 bits per heavy atom. The molecule has 2 aromatic carbocycles. The number of hydrogen-bond donors (Lipinski definition) is 0. The molecular weight excluding hydrogens is 278 g/mol. The van der Waals surface area contributed by atoms with Crippen molar-refractivity contribution < 1.29 is 0 Å². The minimum Gasteiger partial charge on any atom is -0.256 e. The van der Waals surface area contributed by atoms with Crippen LogP contribution in [0.15, 0.2) is 54.7 Å². The maximum atomic E-state index is 4.61. The van der Waals surface area contributed by atoms with Gasteiger partial charge in [-0.3, -0.25) is 4.98 Å². The van der Waals surface area contributed by atoms with Crippen LogP contribution in [0.4, 0.5) is 0 Å². The lowest BCUT2D eigenvalue weighted by molar-refractivity contribution is 0.660. The molecule has 1 aliphatic carbocycles. The minimum absolute atomic E-state index is 0.0391. The SMILES string of the molecule is Cc1ccc(-c2cc(C)c3c(c2)C(C)(C)c2ccccc2-3)nc1. The van der Waals surface area contributed by atoms with E-state index in [2.05, 4.69) is 81.2 Å². The van der Waals surface area contributed by atoms with E-state index in [0.29, 0.717) is 0 Å². The van der Waals surface area contributed by atoms with Crippen LogP contribution in [-0.2, 0) is 5.41 Å². The van der Waals surface area contributed by atoms with Crippen LogP contribution in [0.2, 0.25) is 0 Å². The zero-order valence-electron chi connectivity index (χ0n) is 14.1. The van der Waals surface area contributed by atoms with Crippen molar-refractivity contribution in [3.8, 4) is 22.4 Å². The third-order valence-corrected chi connectivity index (χ3v) is 5.09. The molecule has 1 heterocycles. The second kappa shape index (κ2) is 4.79. The first-order valence-corrected chi connectivity index (χ1v) is 8.16. The molecule has 1 aromatic heterocycles.